The molecule has 0 unspecified atom stereocenters. The van der Waals surface area contributed by atoms with E-state index in [-0.39, 0.29) is 24.0 Å². The summed E-state index contributed by atoms with van der Waals surface area (Å²) in [6.07, 6.45) is 0.694. The molecule has 8 nitrogen and oxygen atoms in total. The molecule has 0 bridgehead atoms. The minimum Gasteiger partial charge on any atom is -0.353 e. The molecular formula is C27H30ClFN4O4. The van der Waals surface area contributed by atoms with E-state index in [4.69, 9.17) is 16.3 Å². The van der Waals surface area contributed by atoms with Crippen molar-refractivity contribution in [3.8, 4) is 0 Å². The van der Waals surface area contributed by atoms with Crippen molar-refractivity contribution in [1.82, 2.24) is 19.6 Å². The van der Waals surface area contributed by atoms with Gasteiger partial charge in [0.2, 0.25) is 5.91 Å². The van der Waals surface area contributed by atoms with Crippen LogP contribution in [0, 0.1) is 5.82 Å². The molecule has 3 aliphatic heterocycles. The predicted molar refractivity (Wildman–Crippen MR) is 136 cm³/mol. The largest absolute Gasteiger partial charge is 0.353 e. The van der Waals surface area contributed by atoms with Crippen molar-refractivity contribution in [1.29, 1.82) is 0 Å². The number of likely N-dealkylation sites (tertiary alicyclic amines) is 1. The summed E-state index contributed by atoms with van der Waals surface area (Å²) < 4.78 is 20.3. The number of rotatable bonds is 3. The molecule has 37 heavy (non-hydrogen) atoms. The number of likely N-dealkylation sites (N-methyl/N-ethyl adjacent to an activating group) is 1. The molecule has 196 valence electrons. The lowest BCUT2D eigenvalue weighted by Crippen LogP contribution is -2.61. The van der Waals surface area contributed by atoms with Gasteiger partial charge in [0.1, 0.15) is 17.6 Å². The fourth-order valence-corrected chi connectivity index (χ4v) is 5.51. The lowest BCUT2D eigenvalue weighted by molar-refractivity contribution is -0.139. The summed E-state index contributed by atoms with van der Waals surface area (Å²) in [7, 11) is 2.01. The third kappa shape index (κ3) is 5.08. The van der Waals surface area contributed by atoms with Gasteiger partial charge in [-0.3, -0.25) is 19.3 Å². The van der Waals surface area contributed by atoms with E-state index in [1.54, 1.807) is 40.1 Å². The summed E-state index contributed by atoms with van der Waals surface area (Å²) in [5.41, 5.74) is -0.350. The van der Waals surface area contributed by atoms with Gasteiger partial charge in [-0.2, -0.15) is 0 Å². The van der Waals surface area contributed by atoms with Crippen LogP contribution < -0.4 is 0 Å². The summed E-state index contributed by atoms with van der Waals surface area (Å²) in [6.45, 7) is 3.42. The van der Waals surface area contributed by atoms with E-state index in [9.17, 15) is 18.8 Å². The number of carbonyl (C=O) groups is 3. The van der Waals surface area contributed by atoms with E-state index in [2.05, 4.69) is 4.90 Å². The number of hydrogen-bond donors (Lipinski definition) is 0. The second-order valence-electron chi connectivity index (χ2n) is 9.89. The lowest BCUT2D eigenvalue weighted by Gasteiger charge is -2.45. The van der Waals surface area contributed by atoms with Gasteiger partial charge in [-0.05, 0) is 49.5 Å². The Kier molecular flexibility index (Phi) is 7.20. The molecule has 0 radical (unpaired) electrons. The minimum absolute atomic E-state index is 0.0668. The van der Waals surface area contributed by atoms with E-state index in [1.165, 1.54) is 23.1 Å². The van der Waals surface area contributed by atoms with Crippen molar-refractivity contribution in [2.75, 3.05) is 52.9 Å². The minimum atomic E-state index is -1.05. The van der Waals surface area contributed by atoms with Crippen LogP contribution in [0.5, 0.6) is 0 Å². The fourth-order valence-electron chi connectivity index (χ4n) is 5.39. The summed E-state index contributed by atoms with van der Waals surface area (Å²) in [5.74, 6) is -1.25. The first-order valence-corrected chi connectivity index (χ1v) is 12.9. The first kappa shape index (κ1) is 25.6. The Morgan fingerprint density at radius 1 is 0.892 bits per heavy atom. The second kappa shape index (κ2) is 10.4. The Bertz CT molecular complexity index is 1180. The average Bonchev–Trinajstić information content (AvgIpc) is 3.27. The summed E-state index contributed by atoms with van der Waals surface area (Å²) >= 11 is 5.96. The Labute approximate surface area is 220 Å². The summed E-state index contributed by atoms with van der Waals surface area (Å²) in [6, 6.07) is 11.4. The number of nitrogens with zero attached hydrogens (tertiary/aromatic N) is 4. The first-order chi connectivity index (χ1) is 17.8. The zero-order valence-electron chi connectivity index (χ0n) is 20.7. The molecule has 0 saturated carbocycles. The standard InChI is InChI=1S/C27H30ClFN4O4/c1-30-13-15-32(16-14-30)26(36)23-18-37-27(33(23)25(35)20-3-2-4-22(29)17-20)9-11-31(12-10-27)24(34)19-5-7-21(28)8-6-19/h2-8,17,23H,9-16,18H2,1H3/t23-/m0/s1. The number of piperidine rings is 1. The van der Waals surface area contributed by atoms with Gasteiger partial charge >= 0.3 is 0 Å². The van der Waals surface area contributed by atoms with E-state index in [0.29, 0.717) is 49.6 Å². The molecule has 0 N–H and O–H groups in total. The highest BCUT2D eigenvalue weighted by atomic mass is 35.5. The van der Waals surface area contributed by atoms with E-state index < -0.39 is 23.5 Å². The normalized spacial score (nSPS) is 21.9. The van der Waals surface area contributed by atoms with Gasteiger partial charge < -0.3 is 19.4 Å². The molecule has 3 saturated heterocycles. The molecule has 2 aromatic rings. The number of piperazine rings is 1. The molecule has 5 rings (SSSR count). The van der Waals surface area contributed by atoms with Gasteiger partial charge in [0.15, 0.2) is 0 Å². The smallest absolute Gasteiger partial charge is 0.256 e. The van der Waals surface area contributed by atoms with E-state index in [1.807, 2.05) is 7.05 Å². The molecule has 3 heterocycles. The fraction of sp³-hybridized carbons (Fsp3) is 0.444. The molecule has 1 spiro atoms. The van der Waals surface area contributed by atoms with Gasteiger partial charge in [0, 0.05) is 68.3 Å². The number of hydrogen-bond acceptors (Lipinski definition) is 5. The van der Waals surface area contributed by atoms with Gasteiger partial charge in [-0.15, -0.1) is 0 Å². The highest BCUT2D eigenvalue weighted by Gasteiger charge is 2.55. The van der Waals surface area contributed by atoms with Crippen LogP contribution in [-0.2, 0) is 9.53 Å². The maximum atomic E-state index is 14.0. The number of carbonyl (C=O) groups excluding carboxylic acids is 3. The number of ether oxygens (including phenoxy) is 1. The maximum Gasteiger partial charge on any atom is 0.256 e. The second-order valence-corrected chi connectivity index (χ2v) is 10.3. The molecule has 1 atom stereocenters. The lowest BCUT2D eigenvalue weighted by atomic mass is 9.96. The van der Waals surface area contributed by atoms with Crippen molar-refractivity contribution in [2.24, 2.45) is 0 Å². The summed E-state index contributed by atoms with van der Waals surface area (Å²) in [5, 5.41) is 0.552. The highest BCUT2D eigenvalue weighted by molar-refractivity contribution is 6.30. The van der Waals surface area contributed by atoms with Gasteiger partial charge in [-0.25, -0.2) is 4.39 Å². The van der Waals surface area contributed by atoms with Crippen LogP contribution in [0.25, 0.3) is 0 Å². The van der Waals surface area contributed by atoms with Crippen LogP contribution in [0.3, 0.4) is 0 Å². The van der Waals surface area contributed by atoms with Gasteiger partial charge in [0.05, 0.1) is 6.61 Å². The Morgan fingerprint density at radius 3 is 2.22 bits per heavy atom. The number of amides is 3. The monoisotopic (exact) mass is 528 g/mol. The molecular weight excluding hydrogens is 499 g/mol. The highest BCUT2D eigenvalue weighted by Crippen LogP contribution is 2.39. The molecule has 0 aliphatic carbocycles. The Hall–Kier alpha value is -3.01. The van der Waals surface area contributed by atoms with Gasteiger partial charge in [-0.1, -0.05) is 17.7 Å². The topological polar surface area (TPSA) is 73.4 Å². The van der Waals surface area contributed by atoms with Crippen LogP contribution in [0.15, 0.2) is 48.5 Å². The van der Waals surface area contributed by atoms with Crippen molar-refractivity contribution < 1.29 is 23.5 Å². The van der Waals surface area contributed by atoms with E-state index in [0.717, 1.165) is 13.1 Å². The number of benzene rings is 2. The molecule has 3 amide bonds. The van der Waals surface area contributed by atoms with Crippen molar-refractivity contribution in [2.45, 2.75) is 24.6 Å². The van der Waals surface area contributed by atoms with E-state index >= 15 is 0 Å². The average molecular weight is 529 g/mol. The SMILES string of the molecule is CN1CCN(C(=O)[C@@H]2COC3(CCN(C(=O)c4ccc(Cl)cc4)CC3)N2C(=O)c2cccc(F)c2)CC1. The zero-order valence-corrected chi connectivity index (χ0v) is 21.5. The molecule has 3 aliphatic rings. The number of halogens is 2. The van der Waals surface area contributed by atoms with Crippen LogP contribution in [-0.4, -0.2) is 102 Å². The van der Waals surface area contributed by atoms with Crippen LogP contribution in [0.1, 0.15) is 33.6 Å². The summed E-state index contributed by atoms with van der Waals surface area (Å²) in [4.78, 5) is 47.6. The van der Waals surface area contributed by atoms with Crippen molar-refractivity contribution in [3.63, 3.8) is 0 Å². The molecule has 3 fully saturated rings. The quantitative estimate of drug-likeness (QED) is 0.612. The van der Waals surface area contributed by atoms with Crippen LogP contribution in [0.2, 0.25) is 5.02 Å². The maximum absolute atomic E-state index is 14.0. The van der Waals surface area contributed by atoms with Crippen molar-refractivity contribution >= 4 is 29.3 Å². The molecule has 2 aromatic carbocycles. The first-order valence-electron chi connectivity index (χ1n) is 12.5. The Morgan fingerprint density at radius 2 is 1.57 bits per heavy atom. The van der Waals surface area contributed by atoms with Crippen molar-refractivity contribution in [3.05, 3.63) is 70.5 Å². The third-order valence-corrected chi connectivity index (χ3v) is 7.83. The molecule has 0 aromatic heterocycles. The van der Waals surface area contributed by atoms with Gasteiger partial charge in [0.25, 0.3) is 11.8 Å². The zero-order chi connectivity index (χ0) is 26.2. The third-order valence-electron chi connectivity index (χ3n) is 7.57. The van der Waals surface area contributed by atoms with Crippen LogP contribution >= 0.6 is 11.6 Å². The molecule has 10 heteroatoms. The Balaban J connectivity index is 1.39. The van der Waals surface area contributed by atoms with Crippen LogP contribution in [0.4, 0.5) is 4.39 Å². The predicted octanol–water partition coefficient (Wildman–Crippen LogP) is 2.73.